The predicted octanol–water partition coefficient (Wildman–Crippen LogP) is 4.33. The molecule has 1 aromatic carbocycles. The fraction of sp³-hybridized carbons (Fsp3) is 0.750. The summed E-state index contributed by atoms with van der Waals surface area (Å²) in [4.78, 5) is 0. The summed E-state index contributed by atoms with van der Waals surface area (Å²) in [5.74, 6) is 7.21. The number of nitrogens with one attached hydrogen (secondary N) is 1. The van der Waals surface area contributed by atoms with E-state index >= 15 is 0 Å². The van der Waals surface area contributed by atoms with Gasteiger partial charge in [-0.3, -0.25) is 4.72 Å². The van der Waals surface area contributed by atoms with Crippen molar-refractivity contribution in [2.45, 2.75) is 52.9 Å². The van der Waals surface area contributed by atoms with E-state index < -0.39 is 0 Å². The smallest absolute Gasteiger partial charge is 0.136 e. The maximum Gasteiger partial charge on any atom is 0.136 e. The first-order valence-corrected chi connectivity index (χ1v) is 12.3. The Kier molecular flexibility index (Phi) is 6.21. The molecule has 0 aliphatic heterocycles. The Morgan fingerprint density at radius 2 is 1.93 bits per heavy atom. The highest BCUT2D eigenvalue weighted by molar-refractivity contribution is 7.97. The van der Waals surface area contributed by atoms with Crippen molar-refractivity contribution < 1.29 is 5.32 Å². The molecule has 0 spiro atoms. The van der Waals surface area contributed by atoms with Gasteiger partial charge in [-0.05, 0) is 78.2 Å². The summed E-state index contributed by atoms with van der Waals surface area (Å²) in [6.45, 7) is 10.1. The molecular formula is C24H39N2S+. The molecule has 3 heteroatoms. The van der Waals surface area contributed by atoms with E-state index in [0.717, 1.165) is 54.3 Å². The van der Waals surface area contributed by atoms with Crippen LogP contribution in [-0.4, -0.2) is 19.0 Å². The Labute approximate surface area is 170 Å². The molecule has 0 heterocycles. The quantitative estimate of drug-likeness (QED) is 0.395. The molecule has 3 aliphatic rings. The third kappa shape index (κ3) is 4.26. The molecule has 3 aliphatic carbocycles. The van der Waals surface area contributed by atoms with Crippen molar-refractivity contribution in [2.24, 2.45) is 40.9 Å². The van der Waals surface area contributed by atoms with Crippen LogP contribution in [0.3, 0.4) is 0 Å². The van der Waals surface area contributed by atoms with Gasteiger partial charge in [0, 0.05) is 12.5 Å². The second-order valence-corrected chi connectivity index (χ2v) is 11.0. The summed E-state index contributed by atoms with van der Waals surface area (Å²) in [6.07, 6.45) is 7.10. The number of rotatable bonds is 8. The third-order valence-corrected chi connectivity index (χ3v) is 9.06. The lowest BCUT2D eigenvalue weighted by Gasteiger charge is -2.29. The SMILES string of the molecule is C[C@H]1CC[C@@H]2[C@H](C[NH2+]CSNCCc3ccccc3)CC[C@H]3[C@@H]([C@H]21)C3(C)C. The predicted molar refractivity (Wildman–Crippen MR) is 116 cm³/mol. The summed E-state index contributed by atoms with van der Waals surface area (Å²) < 4.78 is 3.55. The fourth-order valence-electron chi connectivity index (χ4n) is 6.75. The third-order valence-electron chi connectivity index (χ3n) is 8.25. The van der Waals surface area contributed by atoms with Crippen molar-refractivity contribution in [3.05, 3.63) is 35.9 Å². The lowest BCUT2D eigenvalue weighted by atomic mass is 9.76. The standard InChI is InChI=1S/C24H38N2S/c1-17-9-11-20-19(10-12-21-23(22(17)20)24(21,2)3)15-25-16-27-26-14-13-18-7-5-4-6-8-18/h4-8,17,19-23,25-26H,9-16H2,1-3H3/p+1/t17-,19-,20+,21-,22-,23-/m0/s1. The lowest BCUT2D eigenvalue weighted by molar-refractivity contribution is -0.643. The molecule has 3 saturated carbocycles. The first kappa shape index (κ1) is 19.8. The molecule has 6 atom stereocenters. The van der Waals surface area contributed by atoms with Gasteiger partial charge in [0.2, 0.25) is 0 Å². The van der Waals surface area contributed by atoms with Gasteiger partial charge in [-0.1, -0.05) is 57.5 Å². The molecule has 1 aromatic rings. The van der Waals surface area contributed by atoms with Crippen molar-refractivity contribution >= 4 is 11.9 Å². The van der Waals surface area contributed by atoms with Gasteiger partial charge in [-0.2, -0.15) is 0 Å². The van der Waals surface area contributed by atoms with Crippen LogP contribution < -0.4 is 10.0 Å². The minimum absolute atomic E-state index is 0.648. The second-order valence-electron chi connectivity index (χ2n) is 10.1. The number of benzene rings is 1. The minimum Gasteiger partial charge on any atom is -0.336 e. The Hall–Kier alpha value is -0.510. The van der Waals surface area contributed by atoms with Crippen molar-refractivity contribution in [3.8, 4) is 0 Å². The number of quaternary nitrogens is 1. The van der Waals surface area contributed by atoms with E-state index in [1.165, 1.54) is 37.8 Å². The first-order valence-electron chi connectivity index (χ1n) is 11.3. The molecule has 2 nitrogen and oxygen atoms in total. The van der Waals surface area contributed by atoms with Crippen LogP contribution in [0.15, 0.2) is 30.3 Å². The molecule has 150 valence electrons. The van der Waals surface area contributed by atoms with E-state index in [-0.39, 0.29) is 0 Å². The summed E-state index contributed by atoms with van der Waals surface area (Å²) in [7, 11) is 0. The van der Waals surface area contributed by atoms with Crippen LogP contribution in [0.4, 0.5) is 0 Å². The normalized spacial score (nSPS) is 36.7. The number of fused-ring (bicyclic) bond motifs is 3. The van der Waals surface area contributed by atoms with Crippen LogP contribution in [0.2, 0.25) is 0 Å². The van der Waals surface area contributed by atoms with E-state index in [2.05, 4.69) is 61.1 Å². The Morgan fingerprint density at radius 3 is 2.74 bits per heavy atom. The maximum atomic E-state index is 3.55. The average molecular weight is 388 g/mol. The maximum absolute atomic E-state index is 3.55. The van der Waals surface area contributed by atoms with Crippen molar-refractivity contribution in [3.63, 3.8) is 0 Å². The van der Waals surface area contributed by atoms with E-state index in [1.807, 2.05) is 11.9 Å². The fourth-order valence-corrected chi connectivity index (χ4v) is 7.37. The van der Waals surface area contributed by atoms with E-state index in [0.29, 0.717) is 5.41 Å². The van der Waals surface area contributed by atoms with Crippen LogP contribution in [0.25, 0.3) is 0 Å². The summed E-state index contributed by atoms with van der Waals surface area (Å²) in [5.41, 5.74) is 2.07. The summed E-state index contributed by atoms with van der Waals surface area (Å²) in [5, 5.41) is 2.58. The molecule has 0 radical (unpaired) electrons. The highest BCUT2D eigenvalue weighted by Crippen LogP contribution is 2.70. The second kappa shape index (κ2) is 8.47. The minimum atomic E-state index is 0.648. The lowest BCUT2D eigenvalue weighted by Crippen LogP contribution is -2.85. The molecule has 0 aromatic heterocycles. The van der Waals surface area contributed by atoms with Crippen LogP contribution >= 0.6 is 11.9 Å². The molecule has 0 unspecified atom stereocenters. The summed E-state index contributed by atoms with van der Waals surface area (Å²) in [6, 6.07) is 10.8. The van der Waals surface area contributed by atoms with Crippen molar-refractivity contribution in [1.82, 2.24) is 4.72 Å². The van der Waals surface area contributed by atoms with E-state index in [9.17, 15) is 0 Å². The van der Waals surface area contributed by atoms with Gasteiger partial charge in [-0.15, -0.1) is 0 Å². The van der Waals surface area contributed by atoms with Gasteiger partial charge in [0.1, 0.15) is 5.88 Å². The molecule has 0 amide bonds. The van der Waals surface area contributed by atoms with Crippen LogP contribution in [0, 0.1) is 40.9 Å². The Bertz CT molecular complexity index is 602. The number of hydrogen-bond donors (Lipinski definition) is 2. The van der Waals surface area contributed by atoms with Gasteiger partial charge >= 0.3 is 0 Å². The summed E-state index contributed by atoms with van der Waals surface area (Å²) >= 11 is 1.90. The largest absolute Gasteiger partial charge is 0.336 e. The zero-order valence-electron chi connectivity index (χ0n) is 17.5. The van der Waals surface area contributed by atoms with Gasteiger partial charge in [-0.25, -0.2) is 0 Å². The molecule has 3 fully saturated rings. The first-order chi connectivity index (χ1) is 13.1. The van der Waals surface area contributed by atoms with Gasteiger partial charge in [0.25, 0.3) is 0 Å². The van der Waals surface area contributed by atoms with Gasteiger partial charge < -0.3 is 5.32 Å². The monoisotopic (exact) mass is 387 g/mol. The van der Waals surface area contributed by atoms with Crippen LogP contribution in [0.1, 0.15) is 52.0 Å². The average Bonchev–Trinajstić information content (AvgIpc) is 3.08. The zero-order chi connectivity index (χ0) is 18.9. The highest BCUT2D eigenvalue weighted by atomic mass is 32.2. The Balaban J connectivity index is 1.17. The number of hydrogen-bond acceptors (Lipinski definition) is 2. The van der Waals surface area contributed by atoms with Gasteiger partial charge in [0.05, 0.1) is 6.54 Å². The number of nitrogens with two attached hydrogens (primary N) is 1. The zero-order valence-corrected chi connectivity index (χ0v) is 18.3. The highest BCUT2D eigenvalue weighted by Gasteiger charge is 2.65. The molecule has 0 bridgehead atoms. The van der Waals surface area contributed by atoms with Crippen LogP contribution in [0.5, 0.6) is 0 Å². The molecule has 4 rings (SSSR count). The molecular weight excluding hydrogens is 348 g/mol. The molecule has 0 saturated heterocycles. The molecule has 3 N–H and O–H groups in total. The van der Waals surface area contributed by atoms with Gasteiger partial charge in [0.15, 0.2) is 0 Å². The van der Waals surface area contributed by atoms with Crippen LogP contribution in [-0.2, 0) is 6.42 Å². The van der Waals surface area contributed by atoms with E-state index in [1.54, 1.807) is 0 Å². The van der Waals surface area contributed by atoms with E-state index in [4.69, 9.17) is 0 Å². The topological polar surface area (TPSA) is 28.6 Å². The Morgan fingerprint density at radius 1 is 1.11 bits per heavy atom. The molecule has 27 heavy (non-hydrogen) atoms. The van der Waals surface area contributed by atoms with Crippen molar-refractivity contribution in [2.75, 3.05) is 19.0 Å². The van der Waals surface area contributed by atoms with Crippen molar-refractivity contribution in [1.29, 1.82) is 0 Å².